The summed E-state index contributed by atoms with van der Waals surface area (Å²) in [6.07, 6.45) is 3.01. The summed E-state index contributed by atoms with van der Waals surface area (Å²) in [6, 6.07) is 10.6. The summed E-state index contributed by atoms with van der Waals surface area (Å²) in [5.74, 6) is -0.827. The molecule has 0 aliphatic heterocycles. The third kappa shape index (κ3) is 3.93. The van der Waals surface area contributed by atoms with Gasteiger partial charge in [-0.25, -0.2) is 4.98 Å². The van der Waals surface area contributed by atoms with Crippen LogP contribution in [0.5, 0.6) is 0 Å². The molecule has 0 atom stereocenters. The predicted molar refractivity (Wildman–Crippen MR) is 122 cm³/mol. The topological polar surface area (TPSA) is 114 Å². The van der Waals surface area contributed by atoms with E-state index in [1.54, 1.807) is 16.8 Å². The Morgan fingerprint density at radius 2 is 2.00 bits per heavy atom. The van der Waals surface area contributed by atoms with Gasteiger partial charge in [-0.2, -0.15) is 0 Å². The van der Waals surface area contributed by atoms with E-state index in [1.165, 1.54) is 35.4 Å². The number of carbonyl (C=O) groups excluding carboxylic acids is 2. The number of hydrogen-bond acceptors (Lipinski definition) is 8. The van der Waals surface area contributed by atoms with E-state index in [-0.39, 0.29) is 11.5 Å². The van der Waals surface area contributed by atoms with Gasteiger partial charge in [0, 0.05) is 16.0 Å². The van der Waals surface area contributed by atoms with E-state index in [4.69, 9.17) is 16.0 Å². The van der Waals surface area contributed by atoms with Crippen LogP contribution in [-0.4, -0.2) is 37.1 Å². The first kappa shape index (κ1) is 20.5. The second-order valence-electron chi connectivity index (χ2n) is 6.53. The number of furan rings is 1. The highest BCUT2D eigenvalue weighted by atomic mass is 35.5. The van der Waals surface area contributed by atoms with Crippen LogP contribution in [0.3, 0.4) is 0 Å². The van der Waals surface area contributed by atoms with Crippen LogP contribution in [0, 0.1) is 0 Å². The van der Waals surface area contributed by atoms with Crippen LogP contribution in [0.15, 0.2) is 63.9 Å². The van der Waals surface area contributed by atoms with E-state index in [0.717, 1.165) is 21.3 Å². The maximum Gasteiger partial charge on any atom is 0.305 e. The standard InChI is InChI=1S/C20H13ClN6O3S2/c21-12-5-3-11(4-6-12)13-8-31-19-16(13)17-24-26-20(27(17)10-22-19)32-9-15(28)23-25-18(29)14-2-1-7-30-14/h1-8,10H,9H2,(H,23,28)(H,25,29). The third-order valence-corrected chi connectivity index (χ3v) is 6.58. The minimum absolute atomic E-state index is 0.0188. The molecule has 0 fully saturated rings. The lowest BCUT2D eigenvalue weighted by atomic mass is 10.1. The minimum Gasteiger partial charge on any atom is -0.459 e. The van der Waals surface area contributed by atoms with Gasteiger partial charge in [0.15, 0.2) is 16.6 Å². The zero-order valence-electron chi connectivity index (χ0n) is 16.1. The fourth-order valence-corrected chi connectivity index (χ4v) is 4.76. The molecule has 12 heteroatoms. The summed E-state index contributed by atoms with van der Waals surface area (Å²) in [7, 11) is 0. The molecule has 0 radical (unpaired) electrons. The molecule has 0 spiro atoms. The van der Waals surface area contributed by atoms with Gasteiger partial charge in [0.1, 0.15) is 11.2 Å². The number of hydrazine groups is 1. The van der Waals surface area contributed by atoms with Crippen molar-refractivity contribution in [1.82, 2.24) is 30.4 Å². The number of nitrogens with zero attached hydrogens (tertiary/aromatic N) is 4. The second kappa shape index (κ2) is 8.61. The molecule has 0 bridgehead atoms. The highest BCUT2D eigenvalue weighted by molar-refractivity contribution is 7.99. The van der Waals surface area contributed by atoms with Gasteiger partial charge in [-0.3, -0.25) is 24.8 Å². The Bertz CT molecular complexity index is 1430. The summed E-state index contributed by atoms with van der Waals surface area (Å²) in [4.78, 5) is 29.3. The van der Waals surface area contributed by atoms with Crippen molar-refractivity contribution < 1.29 is 14.0 Å². The van der Waals surface area contributed by atoms with Gasteiger partial charge in [0.25, 0.3) is 0 Å². The molecule has 5 aromatic rings. The van der Waals surface area contributed by atoms with Crippen LogP contribution in [-0.2, 0) is 4.79 Å². The third-order valence-electron chi connectivity index (χ3n) is 4.50. The zero-order valence-corrected chi connectivity index (χ0v) is 18.5. The summed E-state index contributed by atoms with van der Waals surface area (Å²) in [5.41, 5.74) is 7.27. The van der Waals surface area contributed by atoms with Crippen molar-refractivity contribution in [2.45, 2.75) is 5.16 Å². The van der Waals surface area contributed by atoms with Crippen molar-refractivity contribution >= 4 is 62.4 Å². The van der Waals surface area contributed by atoms with Crippen LogP contribution < -0.4 is 10.9 Å². The number of nitrogens with one attached hydrogen (secondary N) is 2. The second-order valence-corrected chi connectivity index (χ2v) is 8.76. The fraction of sp³-hybridized carbons (Fsp3) is 0.0500. The first-order valence-electron chi connectivity index (χ1n) is 9.22. The van der Waals surface area contributed by atoms with Gasteiger partial charge in [0.05, 0.1) is 17.4 Å². The number of hydrogen-bond donors (Lipinski definition) is 2. The lowest BCUT2D eigenvalue weighted by molar-refractivity contribution is -0.119. The largest absolute Gasteiger partial charge is 0.459 e. The van der Waals surface area contributed by atoms with Crippen molar-refractivity contribution in [3.05, 3.63) is 65.2 Å². The zero-order chi connectivity index (χ0) is 22.1. The summed E-state index contributed by atoms with van der Waals surface area (Å²) >= 11 is 8.71. The van der Waals surface area contributed by atoms with Crippen molar-refractivity contribution in [1.29, 1.82) is 0 Å². The van der Waals surface area contributed by atoms with E-state index in [0.29, 0.717) is 15.8 Å². The van der Waals surface area contributed by atoms with Crippen LogP contribution >= 0.6 is 34.7 Å². The number of halogens is 1. The Balaban J connectivity index is 1.33. The monoisotopic (exact) mass is 484 g/mol. The van der Waals surface area contributed by atoms with Gasteiger partial charge < -0.3 is 4.42 Å². The number of amides is 2. The molecule has 32 heavy (non-hydrogen) atoms. The maximum absolute atomic E-state index is 12.1. The van der Waals surface area contributed by atoms with E-state index in [2.05, 4.69) is 26.0 Å². The molecule has 2 N–H and O–H groups in total. The van der Waals surface area contributed by atoms with E-state index in [1.807, 2.05) is 29.6 Å². The molecule has 160 valence electrons. The average Bonchev–Trinajstić information content (AvgIpc) is 3.55. The van der Waals surface area contributed by atoms with Crippen LogP contribution in [0.25, 0.3) is 27.0 Å². The molecule has 9 nitrogen and oxygen atoms in total. The Morgan fingerprint density at radius 1 is 1.16 bits per heavy atom. The van der Waals surface area contributed by atoms with Gasteiger partial charge in [-0.1, -0.05) is 35.5 Å². The lowest BCUT2D eigenvalue weighted by Gasteiger charge is -2.05. The molecule has 0 saturated heterocycles. The quantitative estimate of drug-likeness (QED) is 0.288. The predicted octanol–water partition coefficient (Wildman–Crippen LogP) is 3.81. The number of thiophene rings is 1. The number of thioether (sulfide) groups is 1. The average molecular weight is 485 g/mol. The Kier molecular flexibility index (Phi) is 5.52. The normalized spacial score (nSPS) is 11.2. The minimum atomic E-state index is -0.542. The number of benzene rings is 1. The summed E-state index contributed by atoms with van der Waals surface area (Å²) < 4.78 is 6.71. The van der Waals surface area contributed by atoms with E-state index < -0.39 is 11.8 Å². The highest BCUT2D eigenvalue weighted by Gasteiger charge is 2.17. The molecule has 0 saturated carbocycles. The molecule has 4 heterocycles. The number of carbonyl (C=O) groups is 2. The molecule has 1 aromatic carbocycles. The fourth-order valence-electron chi connectivity index (χ4n) is 3.02. The van der Waals surface area contributed by atoms with Crippen molar-refractivity contribution in [3.8, 4) is 11.1 Å². The van der Waals surface area contributed by atoms with Crippen LogP contribution in [0.4, 0.5) is 0 Å². The smallest absolute Gasteiger partial charge is 0.305 e. The SMILES string of the molecule is O=C(CSc1nnc2c3c(-c4ccc(Cl)cc4)csc3ncn12)NNC(=O)c1ccco1. The number of aromatic nitrogens is 4. The molecular formula is C20H13ClN6O3S2. The molecule has 5 rings (SSSR count). The van der Waals surface area contributed by atoms with Gasteiger partial charge in [-0.05, 0) is 29.8 Å². The molecule has 0 aliphatic rings. The Labute approximate surface area is 193 Å². The van der Waals surface area contributed by atoms with Crippen LogP contribution in [0.2, 0.25) is 5.02 Å². The van der Waals surface area contributed by atoms with Crippen molar-refractivity contribution in [2.24, 2.45) is 0 Å². The summed E-state index contributed by atoms with van der Waals surface area (Å²) in [5, 5.41) is 12.6. The molecule has 0 aliphatic carbocycles. The van der Waals surface area contributed by atoms with E-state index in [9.17, 15) is 9.59 Å². The van der Waals surface area contributed by atoms with E-state index >= 15 is 0 Å². The lowest BCUT2D eigenvalue weighted by Crippen LogP contribution is -2.42. The number of rotatable bonds is 5. The van der Waals surface area contributed by atoms with Crippen molar-refractivity contribution in [2.75, 3.05) is 5.75 Å². The van der Waals surface area contributed by atoms with Gasteiger partial charge >= 0.3 is 5.91 Å². The molecular weight excluding hydrogens is 472 g/mol. The van der Waals surface area contributed by atoms with Gasteiger partial charge in [0.2, 0.25) is 5.91 Å². The summed E-state index contributed by atoms with van der Waals surface area (Å²) in [6.45, 7) is 0. The first-order valence-corrected chi connectivity index (χ1v) is 11.5. The highest BCUT2D eigenvalue weighted by Crippen LogP contribution is 2.36. The molecule has 0 unspecified atom stereocenters. The van der Waals surface area contributed by atoms with Gasteiger partial charge in [-0.15, -0.1) is 21.5 Å². The Hall–Kier alpha value is -3.41. The molecule has 2 amide bonds. The first-order chi connectivity index (χ1) is 15.6. The van der Waals surface area contributed by atoms with Crippen molar-refractivity contribution in [3.63, 3.8) is 0 Å². The Morgan fingerprint density at radius 3 is 2.78 bits per heavy atom. The number of fused-ring (bicyclic) bond motifs is 3. The molecule has 4 aromatic heterocycles. The van der Waals surface area contributed by atoms with Crippen LogP contribution in [0.1, 0.15) is 10.6 Å². The maximum atomic E-state index is 12.1.